The lowest BCUT2D eigenvalue weighted by molar-refractivity contribution is -0.138. The third kappa shape index (κ3) is 3.25. The Morgan fingerprint density at radius 3 is 2.80 bits per heavy atom. The molecule has 1 aliphatic heterocycles. The van der Waals surface area contributed by atoms with E-state index in [1.165, 1.54) is 10.3 Å². The molecule has 2 heterocycles. The van der Waals surface area contributed by atoms with Gasteiger partial charge in [-0.2, -0.15) is 0 Å². The van der Waals surface area contributed by atoms with Crippen molar-refractivity contribution in [2.45, 2.75) is 12.5 Å². The van der Waals surface area contributed by atoms with Crippen LogP contribution in [0.2, 0.25) is 0 Å². The second-order valence-electron chi connectivity index (χ2n) is 4.44. The van der Waals surface area contributed by atoms with Gasteiger partial charge >= 0.3 is 5.97 Å². The number of carbonyl (C=O) groups is 2. The predicted molar refractivity (Wildman–Crippen MR) is 72.3 cm³/mol. The molecular weight excluding hydrogens is 306 g/mol. The van der Waals surface area contributed by atoms with Crippen molar-refractivity contribution in [3.63, 3.8) is 0 Å². The van der Waals surface area contributed by atoms with Crippen LogP contribution in [-0.4, -0.2) is 59.4 Å². The highest BCUT2D eigenvalue weighted by Gasteiger charge is 2.36. The van der Waals surface area contributed by atoms with Gasteiger partial charge in [-0.05, 0) is 0 Å². The van der Waals surface area contributed by atoms with Crippen LogP contribution in [0.4, 0.5) is 5.13 Å². The Kier molecular flexibility index (Phi) is 3.95. The number of anilines is 1. The van der Waals surface area contributed by atoms with Crippen molar-refractivity contribution in [1.29, 1.82) is 0 Å². The average molecular weight is 319 g/mol. The molecule has 1 fully saturated rings. The molecule has 10 heteroatoms. The summed E-state index contributed by atoms with van der Waals surface area (Å²) in [5.41, 5.74) is 5.56. The number of hydrogen-bond acceptors (Lipinski definition) is 7. The topological polar surface area (TPSA) is 131 Å². The van der Waals surface area contributed by atoms with E-state index in [0.717, 1.165) is 11.3 Å². The minimum absolute atomic E-state index is 0.0312. The SMILES string of the molecule is Nc1nc(C(=O)N2CCS(=O)(=O)CC2CC(=O)O)cs1. The van der Waals surface area contributed by atoms with Crippen molar-refractivity contribution >= 4 is 38.2 Å². The van der Waals surface area contributed by atoms with E-state index >= 15 is 0 Å². The van der Waals surface area contributed by atoms with E-state index in [4.69, 9.17) is 10.8 Å². The molecule has 3 N–H and O–H groups in total. The lowest BCUT2D eigenvalue weighted by Gasteiger charge is -2.34. The van der Waals surface area contributed by atoms with Gasteiger partial charge in [0.15, 0.2) is 15.0 Å². The highest BCUT2D eigenvalue weighted by atomic mass is 32.2. The number of carboxylic acid groups (broad SMARTS) is 1. The zero-order chi connectivity index (χ0) is 14.9. The maximum absolute atomic E-state index is 12.2. The van der Waals surface area contributed by atoms with Crippen molar-refractivity contribution in [3.8, 4) is 0 Å². The van der Waals surface area contributed by atoms with Gasteiger partial charge in [-0.25, -0.2) is 13.4 Å². The molecule has 1 saturated heterocycles. The van der Waals surface area contributed by atoms with Crippen molar-refractivity contribution in [3.05, 3.63) is 11.1 Å². The first kappa shape index (κ1) is 14.7. The average Bonchev–Trinajstić information content (AvgIpc) is 2.73. The van der Waals surface area contributed by atoms with Gasteiger partial charge in [0.05, 0.1) is 24.0 Å². The Balaban J connectivity index is 2.23. The number of hydrogen-bond donors (Lipinski definition) is 2. The van der Waals surface area contributed by atoms with Gasteiger partial charge < -0.3 is 15.7 Å². The number of aromatic nitrogens is 1. The molecule has 1 aromatic heterocycles. The first-order chi connectivity index (χ1) is 9.28. The number of thiazole rings is 1. The molecule has 1 aliphatic rings. The smallest absolute Gasteiger partial charge is 0.305 e. The summed E-state index contributed by atoms with van der Waals surface area (Å²) < 4.78 is 23.2. The van der Waals surface area contributed by atoms with Gasteiger partial charge in [-0.15, -0.1) is 11.3 Å². The molecule has 1 unspecified atom stereocenters. The number of rotatable bonds is 3. The third-order valence-electron chi connectivity index (χ3n) is 2.94. The zero-order valence-corrected chi connectivity index (χ0v) is 12.0. The first-order valence-electron chi connectivity index (χ1n) is 5.73. The minimum Gasteiger partial charge on any atom is -0.481 e. The number of aliphatic carboxylic acids is 1. The summed E-state index contributed by atoms with van der Waals surface area (Å²) in [5, 5.41) is 10.5. The van der Waals surface area contributed by atoms with Crippen LogP contribution in [0.3, 0.4) is 0 Å². The van der Waals surface area contributed by atoms with E-state index in [1.807, 2.05) is 0 Å². The lowest BCUT2D eigenvalue weighted by Crippen LogP contribution is -2.52. The van der Waals surface area contributed by atoms with E-state index in [-0.39, 0.29) is 28.9 Å². The van der Waals surface area contributed by atoms with Crippen molar-refractivity contribution in [2.75, 3.05) is 23.8 Å². The molecule has 110 valence electrons. The molecule has 8 nitrogen and oxygen atoms in total. The monoisotopic (exact) mass is 319 g/mol. The van der Waals surface area contributed by atoms with E-state index in [2.05, 4.69) is 4.98 Å². The normalized spacial score (nSPS) is 21.6. The van der Waals surface area contributed by atoms with Crippen molar-refractivity contribution in [2.24, 2.45) is 0 Å². The Hall–Kier alpha value is -1.68. The molecule has 0 aromatic carbocycles. The molecule has 1 aromatic rings. The third-order valence-corrected chi connectivity index (χ3v) is 5.31. The zero-order valence-electron chi connectivity index (χ0n) is 10.4. The van der Waals surface area contributed by atoms with Crippen LogP contribution in [-0.2, 0) is 14.6 Å². The largest absolute Gasteiger partial charge is 0.481 e. The fourth-order valence-electron chi connectivity index (χ4n) is 2.06. The standard InChI is InChI=1S/C10H13N3O5S2/c11-10-12-7(4-19-10)9(16)13-1-2-20(17,18)5-6(13)3-8(14)15/h4,6H,1-3,5H2,(H2,11,12)(H,14,15). The molecule has 20 heavy (non-hydrogen) atoms. The Labute approximate surface area is 119 Å². The Morgan fingerprint density at radius 1 is 1.55 bits per heavy atom. The van der Waals surface area contributed by atoms with E-state index in [1.54, 1.807) is 0 Å². The second-order valence-corrected chi connectivity index (χ2v) is 7.55. The fourth-order valence-corrected chi connectivity index (χ4v) is 4.12. The van der Waals surface area contributed by atoms with Crippen LogP contribution in [0.1, 0.15) is 16.9 Å². The van der Waals surface area contributed by atoms with Crippen LogP contribution in [0.15, 0.2) is 5.38 Å². The van der Waals surface area contributed by atoms with Crippen LogP contribution in [0.5, 0.6) is 0 Å². The molecule has 1 amide bonds. The first-order valence-corrected chi connectivity index (χ1v) is 8.43. The number of nitrogen functional groups attached to an aromatic ring is 1. The lowest BCUT2D eigenvalue weighted by atomic mass is 10.2. The maximum atomic E-state index is 12.2. The molecule has 0 radical (unpaired) electrons. The minimum atomic E-state index is -3.32. The predicted octanol–water partition coefficient (Wildman–Crippen LogP) is -0.561. The second kappa shape index (κ2) is 5.37. The number of carboxylic acids is 1. The number of nitrogens with two attached hydrogens (primary N) is 1. The van der Waals surface area contributed by atoms with Gasteiger partial charge in [0, 0.05) is 11.9 Å². The summed E-state index contributed by atoms with van der Waals surface area (Å²) in [6.07, 6.45) is -0.412. The number of amides is 1. The van der Waals surface area contributed by atoms with Gasteiger partial charge in [0.2, 0.25) is 0 Å². The molecule has 1 atom stereocenters. The number of sulfone groups is 1. The van der Waals surface area contributed by atoms with Gasteiger partial charge in [-0.1, -0.05) is 0 Å². The summed E-state index contributed by atoms with van der Waals surface area (Å²) in [7, 11) is -3.32. The number of carbonyl (C=O) groups excluding carboxylic acids is 1. The van der Waals surface area contributed by atoms with Crippen LogP contribution < -0.4 is 5.73 Å². The van der Waals surface area contributed by atoms with Gasteiger partial charge in [-0.3, -0.25) is 9.59 Å². The fraction of sp³-hybridized carbons (Fsp3) is 0.500. The van der Waals surface area contributed by atoms with Crippen molar-refractivity contribution in [1.82, 2.24) is 9.88 Å². The van der Waals surface area contributed by atoms with E-state index in [9.17, 15) is 18.0 Å². The molecule has 0 aliphatic carbocycles. The number of nitrogens with zero attached hydrogens (tertiary/aromatic N) is 2. The van der Waals surface area contributed by atoms with Crippen LogP contribution in [0.25, 0.3) is 0 Å². The molecule has 2 rings (SSSR count). The Bertz CT molecular complexity index is 639. The Morgan fingerprint density at radius 2 is 2.25 bits per heavy atom. The molecule has 0 saturated carbocycles. The highest BCUT2D eigenvalue weighted by Crippen LogP contribution is 2.20. The van der Waals surface area contributed by atoms with Crippen LogP contribution >= 0.6 is 11.3 Å². The molecular formula is C10H13N3O5S2. The summed E-state index contributed by atoms with van der Waals surface area (Å²) in [4.78, 5) is 28.2. The van der Waals surface area contributed by atoms with Gasteiger partial charge in [0.1, 0.15) is 5.69 Å². The molecule has 0 spiro atoms. The summed E-state index contributed by atoms with van der Waals surface area (Å²) in [6.45, 7) is -0.0312. The maximum Gasteiger partial charge on any atom is 0.305 e. The summed E-state index contributed by atoms with van der Waals surface area (Å²) >= 11 is 1.10. The quantitative estimate of drug-likeness (QED) is 0.763. The van der Waals surface area contributed by atoms with Crippen LogP contribution in [0, 0.1) is 0 Å². The highest BCUT2D eigenvalue weighted by molar-refractivity contribution is 7.91. The van der Waals surface area contributed by atoms with E-state index < -0.39 is 34.2 Å². The van der Waals surface area contributed by atoms with E-state index in [0.29, 0.717) is 0 Å². The summed E-state index contributed by atoms with van der Waals surface area (Å²) in [5.74, 6) is -2.15. The van der Waals surface area contributed by atoms with Gasteiger partial charge in [0.25, 0.3) is 5.91 Å². The van der Waals surface area contributed by atoms with Crippen molar-refractivity contribution < 1.29 is 23.1 Å². The summed E-state index contributed by atoms with van der Waals surface area (Å²) in [6, 6.07) is -0.873. The molecule has 0 bridgehead atoms.